The molecule has 1 unspecified atom stereocenters. The molecule has 126 valence electrons. The first kappa shape index (κ1) is 20.0. The van der Waals surface area contributed by atoms with Crippen molar-refractivity contribution in [3.63, 3.8) is 0 Å². The van der Waals surface area contributed by atoms with Gasteiger partial charge in [0.2, 0.25) is 0 Å². The first-order valence-corrected chi connectivity index (χ1v) is 6.45. The summed E-state index contributed by atoms with van der Waals surface area (Å²) in [5, 5.41) is 0. The molecule has 0 aliphatic heterocycles. The molecule has 0 aliphatic rings. The molecule has 0 amide bonds. The lowest BCUT2D eigenvalue weighted by Crippen LogP contribution is -2.57. The van der Waals surface area contributed by atoms with Crippen molar-refractivity contribution in [1.29, 1.82) is 0 Å². The van der Waals surface area contributed by atoms with Crippen molar-refractivity contribution in [1.82, 2.24) is 0 Å². The van der Waals surface area contributed by atoms with E-state index in [9.17, 15) is 35.5 Å². The number of carbonyl (C=O) groups excluding carboxylic acids is 1. The summed E-state index contributed by atoms with van der Waals surface area (Å²) in [6, 6.07) is 0. The van der Waals surface area contributed by atoms with E-state index in [2.05, 4.69) is 4.74 Å². The van der Waals surface area contributed by atoms with Crippen LogP contribution in [0.5, 0.6) is 0 Å². The maximum Gasteiger partial charge on any atom is 0.460 e. The van der Waals surface area contributed by atoms with Crippen molar-refractivity contribution in [3.05, 3.63) is 0 Å². The second-order valence-corrected chi connectivity index (χ2v) is 4.60. The van der Waals surface area contributed by atoms with E-state index in [1.165, 1.54) is 0 Å². The fourth-order valence-electron chi connectivity index (χ4n) is 1.55. The normalized spacial score (nSPS) is 14.9. The molecular formula is C12H17F7O2. The molecular weight excluding hydrogens is 309 g/mol. The fourth-order valence-corrected chi connectivity index (χ4v) is 1.55. The lowest BCUT2D eigenvalue weighted by Gasteiger charge is -2.28. The third-order valence-electron chi connectivity index (χ3n) is 2.77. The molecule has 0 rings (SSSR count). The third kappa shape index (κ3) is 4.74. The highest BCUT2D eigenvalue weighted by molar-refractivity contribution is 5.79. The van der Waals surface area contributed by atoms with Crippen LogP contribution in [0.2, 0.25) is 0 Å². The van der Waals surface area contributed by atoms with Crippen LogP contribution >= 0.6 is 0 Å². The van der Waals surface area contributed by atoms with Crippen LogP contribution in [0.3, 0.4) is 0 Å². The second-order valence-electron chi connectivity index (χ2n) is 4.60. The van der Waals surface area contributed by atoms with Gasteiger partial charge in [0.25, 0.3) is 0 Å². The SMILES string of the molecule is CCCCC(CCC)OC(=O)C(F)(F)C(F)(F)C(F)(F)F. The smallest absolute Gasteiger partial charge is 0.458 e. The zero-order chi connectivity index (χ0) is 16.9. The highest BCUT2D eigenvalue weighted by atomic mass is 19.4. The Labute approximate surface area is 117 Å². The number of halogens is 7. The molecule has 0 saturated heterocycles. The van der Waals surface area contributed by atoms with E-state index in [1.807, 2.05) is 0 Å². The highest BCUT2D eigenvalue weighted by Gasteiger charge is 2.77. The lowest BCUT2D eigenvalue weighted by molar-refractivity contribution is -0.349. The van der Waals surface area contributed by atoms with Gasteiger partial charge >= 0.3 is 24.0 Å². The molecule has 0 N–H and O–H groups in total. The van der Waals surface area contributed by atoms with E-state index in [0.29, 0.717) is 19.3 Å². The number of esters is 1. The Morgan fingerprint density at radius 2 is 1.48 bits per heavy atom. The fraction of sp³-hybridized carbons (Fsp3) is 0.917. The Bertz CT molecular complexity index is 339. The summed E-state index contributed by atoms with van der Waals surface area (Å²) in [5.41, 5.74) is 0. The van der Waals surface area contributed by atoms with Crippen LogP contribution in [-0.2, 0) is 9.53 Å². The van der Waals surface area contributed by atoms with Crippen LogP contribution in [0, 0.1) is 0 Å². The molecule has 0 aromatic rings. The average Bonchev–Trinajstić information content (AvgIpc) is 2.34. The van der Waals surface area contributed by atoms with Gasteiger partial charge in [-0.3, -0.25) is 0 Å². The maximum atomic E-state index is 13.1. The van der Waals surface area contributed by atoms with E-state index in [4.69, 9.17) is 0 Å². The average molecular weight is 326 g/mol. The van der Waals surface area contributed by atoms with Gasteiger partial charge in [0, 0.05) is 0 Å². The van der Waals surface area contributed by atoms with Gasteiger partial charge in [-0.1, -0.05) is 33.1 Å². The van der Waals surface area contributed by atoms with Crippen LogP contribution in [0.4, 0.5) is 30.7 Å². The topological polar surface area (TPSA) is 26.3 Å². The molecule has 0 aliphatic carbocycles. The monoisotopic (exact) mass is 326 g/mol. The quantitative estimate of drug-likeness (QED) is 0.476. The molecule has 21 heavy (non-hydrogen) atoms. The third-order valence-corrected chi connectivity index (χ3v) is 2.77. The van der Waals surface area contributed by atoms with Crippen molar-refractivity contribution >= 4 is 5.97 Å². The first-order valence-electron chi connectivity index (χ1n) is 6.45. The molecule has 0 spiro atoms. The summed E-state index contributed by atoms with van der Waals surface area (Å²) in [4.78, 5) is 11.1. The molecule has 0 aromatic carbocycles. The van der Waals surface area contributed by atoms with E-state index in [-0.39, 0.29) is 12.8 Å². The summed E-state index contributed by atoms with van der Waals surface area (Å²) in [6.45, 7) is 3.40. The Hall–Kier alpha value is -1.02. The number of rotatable bonds is 8. The van der Waals surface area contributed by atoms with Gasteiger partial charge in [-0.2, -0.15) is 30.7 Å². The number of carbonyl (C=O) groups is 1. The Morgan fingerprint density at radius 3 is 1.86 bits per heavy atom. The summed E-state index contributed by atoms with van der Waals surface area (Å²) in [6.07, 6.45) is -5.89. The van der Waals surface area contributed by atoms with Crippen molar-refractivity contribution in [2.24, 2.45) is 0 Å². The minimum atomic E-state index is -6.54. The Kier molecular flexibility index (Phi) is 6.95. The van der Waals surface area contributed by atoms with Crippen LogP contribution < -0.4 is 0 Å². The summed E-state index contributed by atoms with van der Waals surface area (Å²) in [5.74, 6) is -15.3. The van der Waals surface area contributed by atoms with E-state index in [0.717, 1.165) is 0 Å². The van der Waals surface area contributed by atoms with Gasteiger partial charge in [0.15, 0.2) is 0 Å². The molecule has 2 nitrogen and oxygen atoms in total. The molecule has 0 radical (unpaired) electrons. The Morgan fingerprint density at radius 1 is 0.952 bits per heavy atom. The van der Waals surface area contributed by atoms with Crippen molar-refractivity contribution < 1.29 is 40.3 Å². The van der Waals surface area contributed by atoms with Gasteiger partial charge in [-0.05, 0) is 12.8 Å². The number of hydrogen-bond donors (Lipinski definition) is 0. The van der Waals surface area contributed by atoms with Crippen LogP contribution in [0.25, 0.3) is 0 Å². The summed E-state index contributed by atoms with van der Waals surface area (Å²) < 4.78 is 91.5. The zero-order valence-corrected chi connectivity index (χ0v) is 11.6. The largest absolute Gasteiger partial charge is 0.460 e. The minimum Gasteiger partial charge on any atom is -0.458 e. The Balaban J connectivity index is 5.03. The lowest BCUT2D eigenvalue weighted by atomic mass is 10.1. The molecule has 1 atom stereocenters. The standard InChI is InChI=1S/C12H17F7O2/c1-3-5-7-8(6-4-2)21-9(20)10(13,14)11(15,16)12(17,18)19/h8H,3-7H2,1-2H3. The minimum absolute atomic E-state index is 0.111. The summed E-state index contributed by atoms with van der Waals surface area (Å²) in [7, 11) is 0. The van der Waals surface area contributed by atoms with E-state index < -0.39 is 30.1 Å². The first-order chi connectivity index (χ1) is 9.41. The molecule has 0 aromatic heterocycles. The molecule has 0 fully saturated rings. The number of alkyl halides is 7. The number of ether oxygens (including phenoxy) is 1. The van der Waals surface area contributed by atoms with Crippen LogP contribution in [0.15, 0.2) is 0 Å². The number of unbranched alkanes of at least 4 members (excludes halogenated alkanes) is 1. The van der Waals surface area contributed by atoms with E-state index in [1.54, 1.807) is 13.8 Å². The van der Waals surface area contributed by atoms with Gasteiger partial charge in [-0.25, -0.2) is 4.79 Å². The molecule has 0 saturated carbocycles. The van der Waals surface area contributed by atoms with Gasteiger partial charge in [0.05, 0.1) is 0 Å². The highest BCUT2D eigenvalue weighted by Crippen LogP contribution is 2.47. The van der Waals surface area contributed by atoms with Crippen molar-refractivity contribution in [3.8, 4) is 0 Å². The van der Waals surface area contributed by atoms with Crippen molar-refractivity contribution in [2.45, 2.75) is 70.1 Å². The molecule has 0 heterocycles. The van der Waals surface area contributed by atoms with Gasteiger partial charge < -0.3 is 4.74 Å². The molecule has 9 heteroatoms. The van der Waals surface area contributed by atoms with Crippen LogP contribution in [-0.4, -0.2) is 30.1 Å². The van der Waals surface area contributed by atoms with Crippen LogP contribution in [0.1, 0.15) is 46.0 Å². The predicted molar refractivity (Wildman–Crippen MR) is 60.3 cm³/mol. The van der Waals surface area contributed by atoms with Gasteiger partial charge in [0.1, 0.15) is 6.10 Å². The molecule has 0 bridgehead atoms. The maximum absolute atomic E-state index is 13.1. The second kappa shape index (κ2) is 7.31. The van der Waals surface area contributed by atoms with E-state index >= 15 is 0 Å². The zero-order valence-electron chi connectivity index (χ0n) is 11.6. The van der Waals surface area contributed by atoms with Gasteiger partial charge in [-0.15, -0.1) is 0 Å². The van der Waals surface area contributed by atoms with Crippen molar-refractivity contribution in [2.75, 3.05) is 0 Å². The predicted octanol–water partition coefficient (Wildman–Crippen LogP) is 4.72. The summed E-state index contributed by atoms with van der Waals surface area (Å²) >= 11 is 0. The number of hydrogen-bond acceptors (Lipinski definition) is 2.